The average Bonchev–Trinajstić information content (AvgIpc) is 2.97. The van der Waals surface area contributed by atoms with Crippen molar-refractivity contribution in [2.75, 3.05) is 11.9 Å². The fourth-order valence-corrected chi connectivity index (χ4v) is 2.20. The Morgan fingerprint density at radius 3 is 2.52 bits per heavy atom. The number of rotatable bonds is 5. The first-order valence-corrected chi connectivity index (χ1v) is 7.73. The van der Waals surface area contributed by atoms with E-state index in [2.05, 4.69) is 15.9 Å². The second-order valence-corrected chi connectivity index (χ2v) is 5.57. The highest BCUT2D eigenvalue weighted by Crippen LogP contribution is 2.16. The number of hydrogen-bond donors (Lipinski definition) is 0. The van der Waals surface area contributed by atoms with Crippen molar-refractivity contribution in [2.24, 2.45) is 0 Å². The van der Waals surface area contributed by atoms with Crippen LogP contribution in [0.25, 0.3) is 6.08 Å². The number of furan rings is 1. The van der Waals surface area contributed by atoms with Gasteiger partial charge in [0.1, 0.15) is 5.76 Å². The van der Waals surface area contributed by atoms with Crippen LogP contribution in [0.15, 0.2) is 57.6 Å². The zero-order valence-corrected chi connectivity index (χ0v) is 14.3. The molecule has 0 N–H and O–H groups in total. The van der Waals surface area contributed by atoms with E-state index in [1.165, 1.54) is 24.0 Å². The smallest absolute Gasteiger partial charge is 0.331 e. The van der Waals surface area contributed by atoms with Crippen LogP contribution in [0.1, 0.15) is 12.7 Å². The first-order chi connectivity index (χ1) is 11.0. The largest absolute Gasteiger partial charge is 0.450 e. The van der Waals surface area contributed by atoms with Gasteiger partial charge in [-0.3, -0.25) is 4.79 Å². The van der Waals surface area contributed by atoms with Crippen LogP contribution < -0.4 is 4.90 Å². The molecule has 0 aliphatic heterocycles. The van der Waals surface area contributed by atoms with Gasteiger partial charge in [0.05, 0.1) is 0 Å². The number of esters is 1. The van der Waals surface area contributed by atoms with Gasteiger partial charge in [-0.1, -0.05) is 18.2 Å². The Hall–Kier alpha value is -2.34. The zero-order chi connectivity index (χ0) is 16.8. The van der Waals surface area contributed by atoms with Gasteiger partial charge >= 0.3 is 5.97 Å². The Morgan fingerprint density at radius 1 is 1.22 bits per heavy atom. The SMILES string of the molecule is CC(OC(=O)/C=C/c1ccc(Br)o1)C(=O)N(C)c1ccccc1. The number of halogens is 1. The van der Waals surface area contributed by atoms with Crippen LogP contribution in [0.2, 0.25) is 0 Å². The van der Waals surface area contributed by atoms with Gasteiger partial charge in [-0.2, -0.15) is 0 Å². The van der Waals surface area contributed by atoms with Gasteiger partial charge in [0.15, 0.2) is 10.8 Å². The molecule has 0 radical (unpaired) electrons. The topological polar surface area (TPSA) is 59.8 Å². The predicted octanol–water partition coefficient (Wildman–Crippen LogP) is 3.65. The number of hydrogen-bond acceptors (Lipinski definition) is 4. The maximum absolute atomic E-state index is 12.3. The monoisotopic (exact) mass is 377 g/mol. The molecule has 0 aliphatic carbocycles. The van der Waals surface area contributed by atoms with Crippen molar-refractivity contribution in [3.05, 3.63) is 59.0 Å². The third-order valence-electron chi connectivity index (χ3n) is 3.09. The second kappa shape index (κ2) is 7.78. The summed E-state index contributed by atoms with van der Waals surface area (Å²) in [5.74, 6) is -0.410. The number of ether oxygens (including phenoxy) is 1. The number of anilines is 1. The van der Waals surface area contributed by atoms with Crippen LogP contribution in [0, 0.1) is 0 Å². The van der Waals surface area contributed by atoms with Crippen molar-refractivity contribution in [1.29, 1.82) is 0 Å². The number of nitrogens with zero attached hydrogens (tertiary/aromatic N) is 1. The van der Waals surface area contributed by atoms with Crippen LogP contribution >= 0.6 is 15.9 Å². The van der Waals surface area contributed by atoms with Crippen molar-refractivity contribution in [3.8, 4) is 0 Å². The summed E-state index contributed by atoms with van der Waals surface area (Å²) in [6.07, 6.45) is 1.81. The second-order valence-electron chi connectivity index (χ2n) is 4.79. The number of carbonyl (C=O) groups excluding carboxylic acids is 2. The number of para-hydroxylation sites is 1. The molecule has 1 amide bonds. The lowest BCUT2D eigenvalue weighted by Crippen LogP contribution is -2.37. The molecule has 5 nitrogen and oxygen atoms in total. The molecule has 0 spiro atoms. The van der Waals surface area contributed by atoms with Crippen LogP contribution in [-0.2, 0) is 14.3 Å². The van der Waals surface area contributed by atoms with Crippen LogP contribution in [0.3, 0.4) is 0 Å². The molecule has 1 unspecified atom stereocenters. The first-order valence-electron chi connectivity index (χ1n) is 6.94. The van der Waals surface area contributed by atoms with Gasteiger partial charge in [-0.05, 0) is 53.2 Å². The van der Waals surface area contributed by atoms with Crippen molar-refractivity contribution in [1.82, 2.24) is 0 Å². The maximum atomic E-state index is 12.3. The first kappa shape index (κ1) is 17.0. The van der Waals surface area contributed by atoms with Gasteiger partial charge in [0, 0.05) is 18.8 Å². The minimum atomic E-state index is -0.888. The lowest BCUT2D eigenvalue weighted by Gasteiger charge is -2.21. The normalized spacial score (nSPS) is 12.1. The molecule has 0 aliphatic rings. The van der Waals surface area contributed by atoms with Gasteiger partial charge in [-0.15, -0.1) is 0 Å². The highest BCUT2D eigenvalue weighted by Gasteiger charge is 2.21. The fourth-order valence-electron chi connectivity index (χ4n) is 1.88. The molecule has 120 valence electrons. The molecule has 1 aromatic heterocycles. The molecule has 0 bridgehead atoms. The van der Waals surface area contributed by atoms with E-state index in [-0.39, 0.29) is 5.91 Å². The van der Waals surface area contributed by atoms with E-state index in [9.17, 15) is 9.59 Å². The lowest BCUT2D eigenvalue weighted by molar-refractivity contribution is -0.148. The molecule has 2 rings (SSSR count). The summed E-state index contributed by atoms with van der Waals surface area (Å²) in [4.78, 5) is 25.5. The summed E-state index contributed by atoms with van der Waals surface area (Å²) in [6.45, 7) is 1.54. The summed E-state index contributed by atoms with van der Waals surface area (Å²) >= 11 is 3.17. The predicted molar refractivity (Wildman–Crippen MR) is 90.8 cm³/mol. The molecule has 23 heavy (non-hydrogen) atoms. The number of carbonyl (C=O) groups is 2. The Morgan fingerprint density at radius 2 is 1.91 bits per heavy atom. The minimum Gasteiger partial charge on any atom is -0.450 e. The van der Waals surface area contributed by atoms with Crippen LogP contribution in [0.4, 0.5) is 5.69 Å². The zero-order valence-electron chi connectivity index (χ0n) is 12.7. The van der Waals surface area contributed by atoms with E-state index in [4.69, 9.17) is 9.15 Å². The highest BCUT2D eigenvalue weighted by molar-refractivity contribution is 9.10. The molecule has 0 saturated carbocycles. The molecular formula is C17H16BrNO4. The van der Waals surface area contributed by atoms with Gasteiger partial charge in [0.25, 0.3) is 5.91 Å². The van der Waals surface area contributed by atoms with E-state index in [1.807, 2.05) is 18.2 Å². The third kappa shape index (κ3) is 4.82. The number of likely N-dealkylation sites (N-methyl/N-ethyl adjacent to an activating group) is 1. The highest BCUT2D eigenvalue weighted by atomic mass is 79.9. The number of amides is 1. The standard InChI is InChI=1S/C17H16BrNO4/c1-12(17(21)19(2)13-6-4-3-5-7-13)22-16(20)11-9-14-8-10-15(18)23-14/h3-12H,1-2H3/b11-9+. The van der Waals surface area contributed by atoms with Crippen molar-refractivity contribution in [3.63, 3.8) is 0 Å². The van der Waals surface area contributed by atoms with Gasteiger partial charge < -0.3 is 14.1 Å². The van der Waals surface area contributed by atoms with Crippen molar-refractivity contribution < 1.29 is 18.7 Å². The Balaban J connectivity index is 1.92. The van der Waals surface area contributed by atoms with Crippen LogP contribution in [-0.4, -0.2) is 25.0 Å². The number of benzene rings is 1. The van der Waals surface area contributed by atoms with Gasteiger partial charge in [0.2, 0.25) is 0 Å². The van der Waals surface area contributed by atoms with Crippen LogP contribution in [0.5, 0.6) is 0 Å². The Kier molecular flexibility index (Phi) is 5.76. The van der Waals surface area contributed by atoms with E-state index < -0.39 is 12.1 Å². The lowest BCUT2D eigenvalue weighted by atomic mass is 10.2. The third-order valence-corrected chi connectivity index (χ3v) is 3.52. The average molecular weight is 378 g/mol. The Bertz CT molecular complexity index is 708. The van der Waals surface area contributed by atoms with E-state index in [0.717, 1.165) is 5.69 Å². The molecule has 1 atom stereocenters. The minimum absolute atomic E-state index is 0.307. The summed E-state index contributed by atoms with van der Waals surface area (Å²) in [6, 6.07) is 12.6. The molecular weight excluding hydrogens is 362 g/mol. The molecule has 2 aromatic rings. The van der Waals surface area contributed by atoms with Crippen molar-refractivity contribution in [2.45, 2.75) is 13.0 Å². The summed E-state index contributed by atoms with van der Waals surface area (Å²) < 4.78 is 10.9. The summed E-state index contributed by atoms with van der Waals surface area (Å²) in [5, 5.41) is 0. The molecule has 1 aromatic carbocycles. The molecule has 6 heteroatoms. The fraction of sp³-hybridized carbons (Fsp3) is 0.176. The van der Waals surface area contributed by atoms with E-state index >= 15 is 0 Å². The summed E-state index contributed by atoms with van der Waals surface area (Å²) in [5.41, 5.74) is 0.733. The van der Waals surface area contributed by atoms with Crippen molar-refractivity contribution >= 4 is 39.6 Å². The molecule has 0 fully saturated rings. The quantitative estimate of drug-likeness (QED) is 0.589. The molecule has 0 saturated heterocycles. The maximum Gasteiger partial charge on any atom is 0.331 e. The Labute approximate surface area is 142 Å². The van der Waals surface area contributed by atoms with E-state index in [0.29, 0.717) is 10.4 Å². The van der Waals surface area contributed by atoms with E-state index in [1.54, 1.807) is 31.3 Å². The summed E-state index contributed by atoms with van der Waals surface area (Å²) in [7, 11) is 1.64. The molecule has 1 heterocycles. The van der Waals surface area contributed by atoms with Gasteiger partial charge in [-0.25, -0.2) is 4.79 Å².